The number of hydrogen-bond acceptors (Lipinski definition) is 6. The molecule has 4 rings (SSSR count). The molecule has 0 fully saturated rings. The van der Waals surface area contributed by atoms with Gasteiger partial charge in [0.2, 0.25) is 0 Å². The third-order valence-electron chi connectivity index (χ3n) is 4.56. The average molecular weight is 421 g/mol. The Kier molecular flexibility index (Phi) is 5.25. The lowest BCUT2D eigenvalue weighted by Crippen LogP contribution is -2.11. The summed E-state index contributed by atoms with van der Waals surface area (Å²) in [5.41, 5.74) is 2.39. The fourth-order valence-electron chi connectivity index (χ4n) is 3.33. The van der Waals surface area contributed by atoms with Crippen molar-refractivity contribution in [3.63, 3.8) is 0 Å². The molecule has 2 heterocycles. The highest BCUT2D eigenvalue weighted by atomic mass is 35.5. The Morgan fingerprint density at radius 2 is 2.15 bits per heavy atom. The molecule has 0 saturated heterocycles. The summed E-state index contributed by atoms with van der Waals surface area (Å²) < 4.78 is 4.75. The van der Waals surface area contributed by atoms with Gasteiger partial charge in [-0.15, -0.1) is 11.3 Å². The zero-order valence-corrected chi connectivity index (χ0v) is 17.0. The number of methoxy groups -OCH3 is 1. The zero-order valence-electron chi connectivity index (χ0n) is 14.6. The van der Waals surface area contributed by atoms with Gasteiger partial charge in [-0.05, 0) is 55.0 Å². The summed E-state index contributed by atoms with van der Waals surface area (Å²) in [6.07, 6.45) is 4.31. The molecular formula is C19H17ClN2O3S2. The minimum atomic E-state index is -0.430. The topological polar surface area (TPSA) is 72.0 Å². The van der Waals surface area contributed by atoms with Crippen LogP contribution >= 0.6 is 34.7 Å². The van der Waals surface area contributed by atoms with E-state index in [1.54, 1.807) is 29.5 Å². The molecule has 0 bridgehead atoms. The summed E-state index contributed by atoms with van der Waals surface area (Å²) in [5, 5.41) is 1.80. The Balaban J connectivity index is 1.60. The molecule has 3 aromatic rings. The number of thiophene rings is 1. The molecule has 0 unspecified atom stereocenters. The van der Waals surface area contributed by atoms with Crippen LogP contribution in [0.4, 0.5) is 0 Å². The summed E-state index contributed by atoms with van der Waals surface area (Å²) in [7, 11) is 1.34. The van der Waals surface area contributed by atoms with Crippen molar-refractivity contribution >= 4 is 50.9 Å². The van der Waals surface area contributed by atoms with Crippen LogP contribution in [0.5, 0.6) is 0 Å². The van der Waals surface area contributed by atoms with E-state index in [-0.39, 0.29) is 5.56 Å². The smallest absolute Gasteiger partial charge is 0.337 e. The first-order valence-electron chi connectivity index (χ1n) is 8.60. The highest BCUT2D eigenvalue weighted by Crippen LogP contribution is 2.34. The van der Waals surface area contributed by atoms with Crippen molar-refractivity contribution < 1.29 is 9.53 Å². The fraction of sp³-hybridized carbons (Fsp3) is 0.316. The van der Waals surface area contributed by atoms with Crippen LogP contribution < -0.4 is 5.56 Å². The van der Waals surface area contributed by atoms with Gasteiger partial charge >= 0.3 is 5.97 Å². The van der Waals surface area contributed by atoms with Crippen molar-refractivity contribution in [2.24, 2.45) is 0 Å². The number of nitrogens with one attached hydrogen (secondary N) is 1. The van der Waals surface area contributed by atoms with Crippen LogP contribution in [0.15, 0.2) is 28.2 Å². The van der Waals surface area contributed by atoms with Crippen LogP contribution in [0.2, 0.25) is 5.02 Å². The second-order valence-electron chi connectivity index (χ2n) is 6.39. The van der Waals surface area contributed by atoms with Gasteiger partial charge < -0.3 is 9.72 Å². The molecule has 0 saturated carbocycles. The van der Waals surface area contributed by atoms with Gasteiger partial charge in [-0.25, -0.2) is 9.78 Å². The number of fused-ring (bicyclic) bond motifs is 3. The lowest BCUT2D eigenvalue weighted by molar-refractivity contribution is 0.0600. The maximum Gasteiger partial charge on any atom is 0.337 e. The molecule has 1 aromatic carbocycles. The third kappa shape index (κ3) is 3.77. The number of carbonyl (C=O) groups excluding carboxylic acids is 1. The lowest BCUT2D eigenvalue weighted by Gasteiger charge is -2.09. The number of carbonyl (C=O) groups is 1. The van der Waals surface area contributed by atoms with Gasteiger partial charge in [-0.3, -0.25) is 4.79 Å². The van der Waals surface area contributed by atoms with E-state index >= 15 is 0 Å². The molecule has 1 aliphatic rings. The number of H-pyrrole nitrogens is 1. The quantitative estimate of drug-likeness (QED) is 0.379. The molecule has 2 aromatic heterocycles. The summed E-state index contributed by atoms with van der Waals surface area (Å²) in [6.45, 7) is 0. The molecular weight excluding hydrogens is 404 g/mol. The minimum Gasteiger partial charge on any atom is -0.465 e. The van der Waals surface area contributed by atoms with Crippen LogP contribution in [0.25, 0.3) is 10.2 Å². The number of aromatic amines is 1. The maximum absolute atomic E-state index is 12.6. The lowest BCUT2D eigenvalue weighted by atomic mass is 9.97. The molecule has 0 radical (unpaired) electrons. The number of nitrogens with zero attached hydrogens (tertiary/aromatic N) is 1. The van der Waals surface area contributed by atoms with E-state index in [0.717, 1.165) is 35.0 Å². The maximum atomic E-state index is 12.6. The van der Waals surface area contributed by atoms with Crippen molar-refractivity contribution in [3.05, 3.63) is 55.1 Å². The normalized spacial score (nSPS) is 13.6. The first kappa shape index (κ1) is 18.5. The van der Waals surface area contributed by atoms with E-state index in [1.165, 1.54) is 35.7 Å². The van der Waals surface area contributed by atoms with Crippen LogP contribution in [0.1, 0.15) is 39.2 Å². The Bertz CT molecular complexity index is 1090. The molecule has 5 nitrogen and oxygen atoms in total. The number of thioether (sulfide) groups is 1. The predicted octanol–water partition coefficient (Wildman–Crippen LogP) is 4.60. The fourth-order valence-corrected chi connectivity index (χ4v) is 5.70. The number of aryl methyl sites for hydroxylation is 2. The van der Waals surface area contributed by atoms with Gasteiger partial charge in [-0.1, -0.05) is 23.4 Å². The molecule has 1 aliphatic carbocycles. The molecule has 0 aliphatic heterocycles. The largest absolute Gasteiger partial charge is 0.465 e. The van der Waals surface area contributed by atoms with Crippen molar-refractivity contribution in [1.29, 1.82) is 0 Å². The molecule has 0 spiro atoms. The molecule has 140 valence electrons. The third-order valence-corrected chi connectivity index (χ3v) is 6.91. The van der Waals surface area contributed by atoms with Gasteiger partial charge in [0.25, 0.3) is 5.56 Å². The van der Waals surface area contributed by atoms with Crippen LogP contribution in [-0.2, 0) is 23.3 Å². The minimum absolute atomic E-state index is 0.0664. The van der Waals surface area contributed by atoms with Gasteiger partial charge in [0, 0.05) is 15.7 Å². The average Bonchev–Trinajstić information content (AvgIpc) is 3.04. The van der Waals surface area contributed by atoms with E-state index < -0.39 is 5.97 Å². The highest BCUT2D eigenvalue weighted by molar-refractivity contribution is 7.98. The standard InChI is InChI=1S/C19H17ClN2O3S2/c1-25-18(24)11-6-10(7-12(20)8-11)9-26-19-21-16(23)15-13-4-2-3-5-14(13)27-17(15)22-19/h6-8H,2-5,9H2,1H3,(H,21,22,23). The molecule has 27 heavy (non-hydrogen) atoms. The van der Waals surface area contributed by atoms with E-state index in [2.05, 4.69) is 9.97 Å². The van der Waals surface area contributed by atoms with Gasteiger partial charge in [0.15, 0.2) is 5.16 Å². The zero-order chi connectivity index (χ0) is 19.0. The summed E-state index contributed by atoms with van der Waals surface area (Å²) in [6, 6.07) is 5.11. The first-order valence-corrected chi connectivity index (χ1v) is 10.8. The Morgan fingerprint density at radius 3 is 2.96 bits per heavy atom. The number of ether oxygens (including phenoxy) is 1. The first-order chi connectivity index (χ1) is 13.0. The Labute approximate surface area is 169 Å². The molecule has 8 heteroatoms. The summed E-state index contributed by atoms with van der Waals surface area (Å²) >= 11 is 9.15. The molecule has 0 amide bonds. The summed E-state index contributed by atoms with van der Waals surface area (Å²) in [4.78, 5) is 34.0. The van der Waals surface area contributed by atoms with E-state index in [9.17, 15) is 9.59 Å². The van der Waals surface area contributed by atoms with Gasteiger partial charge in [0.05, 0.1) is 18.1 Å². The Hall–Kier alpha value is -1.83. The van der Waals surface area contributed by atoms with Crippen LogP contribution in [0.3, 0.4) is 0 Å². The van der Waals surface area contributed by atoms with E-state index in [4.69, 9.17) is 16.3 Å². The second-order valence-corrected chi connectivity index (χ2v) is 8.87. The monoisotopic (exact) mass is 420 g/mol. The van der Waals surface area contributed by atoms with E-state index in [1.807, 2.05) is 0 Å². The molecule has 1 N–H and O–H groups in total. The number of esters is 1. The van der Waals surface area contributed by atoms with E-state index in [0.29, 0.717) is 21.5 Å². The van der Waals surface area contributed by atoms with Crippen molar-refractivity contribution in [2.75, 3.05) is 7.11 Å². The highest BCUT2D eigenvalue weighted by Gasteiger charge is 2.20. The number of benzene rings is 1. The van der Waals surface area contributed by atoms with Crippen molar-refractivity contribution in [2.45, 2.75) is 36.6 Å². The van der Waals surface area contributed by atoms with Crippen LogP contribution in [0, 0.1) is 0 Å². The SMILES string of the molecule is COC(=O)c1cc(Cl)cc(CSc2nc3sc4c(c3c(=O)[nH]2)CCCC4)c1. The van der Waals surface area contributed by atoms with Gasteiger partial charge in [0.1, 0.15) is 4.83 Å². The van der Waals surface area contributed by atoms with Crippen molar-refractivity contribution in [3.8, 4) is 0 Å². The molecule has 0 atom stereocenters. The Morgan fingerprint density at radius 1 is 1.33 bits per heavy atom. The van der Waals surface area contributed by atoms with Gasteiger partial charge in [-0.2, -0.15) is 0 Å². The second kappa shape index (κ2) is 7.66. The number of halogens is 1. The number of rotatable bonds is 4. The van der Waals surface area contributed by atoms with Crippen LogP contribution in [-0.4, -0.2) is 23.0 Å². The summed E-state index contributed by atoms with van der Waals surface area (Å²) in [5.74, 6) is 0.102. The number of aromatic nitrogens is 2. The van der Waals surface area contributed by atoms with Crippen molar-refractivity contribution in [1.82, 2.24) is 9.97 Å². The number of hydrogen-bond donors (Lipinski definition) is 1. The predicted molar refractivity (Wildman–Crippen MR) is 109 cm³/mol.